The first-order chi connectivity index (χ1) is 14.8. The van der Waals surface area contributed by atoms with Crippen LogP contribution < -0.4 is 10.6 Å². The number of non-ortho nitro benzene ring substituents is 1. The molecule has 1 saturated heterocycles. The summed E-state index contributed by atoms with van der Waals surface area (Å²) in [5.74, 6) is -1.84. The molecule has 1 fully saturated rings. The van der Waals surface area contributed by atoms with Crippen LogP contribution in [0.4, 0.5) is 5.69 Å². The Labute approximate surface area is 177 Å². The maximum absolute atomic E-state index is 12.8. The molecule has 0 spiro atoms. The number of nitro groups is 1. The molecule has 0 saturated carbocycles. The average molecular weight is 449 g/mol. The number of carbonyl (C=O) groups is 2. The quantitative estimate of drug-likeness (QED) is 0.333. The van der Waals surface area contributed by atoms with Crippen molar-refractivity contribution in [3.8, 4) is 0 Å². The summed E-state index contributed by atoms with van der Waals surface area (Å²) in [7, 11) is -4.02. The van der Waals surface area contributed by atoms with Crippen LogP contribution in [0, 0.1) is 10.1 Å². The molecular weight excluding hydrogens is 430 g/mol. The van der Waals surface area contributed by atoms with Gasteiger partial charge in [-0.1, -0.05) is 6.07 Å². The van der Waals surface area contributed by atoms with Gasteiger partial charge in [0, 0.05) is 24.9 Å². The molecule has 1 aliphatic heterocycles. The predicted molar refractivity (Wildman–Crippen MR) is 106 cm³/mol. The number of aromatic nitrogens is 1. The van der Waals surface area contributed by atoms with Crippen LogP contribution in [0.3, 0.4) is 0 Å². The minimum Gasteiger partial charge on any atom is -0.359 e. The Morgan fingerprint density at radius 1 is 1.16 bits per heavy atom. The van der Waals surface area contributed by atoms with Crippen molar-refractivity contribution in [1.82, 2.24) is 19.9 Å². The molecule has 0 aliphatic carbocycles. The Morgan fingerprint density at radius 3 is 2.52 bits per heavy atom. The van der Waals surface area contributed by atoms with Gasteiger partial charge < -0.3 is 15.4 Å². The highest BCUT2D eigenvalue weighted by molar-refractivity contribution is 7.89. The summed E-state index contributed by atoms with van der Waals surface area (Å²) in [5, 5.41) is 15.5. The molecule has 2 aromatic rings. The molecule has 2 amide bonds. The minimum absolute atomic E-state index is 0.0335. The smallest absolute Gasteiger partial charge is 0.309 e. The normalized spacial score (nSPS) is 16.6. The average Bonchev–Trinajstić information content (AvgIpc) is 3.26. The fourth-order valence-corrected chi connectivity index (χ4v) is 4.34. The van der Waals surface area contributed by atoms with E-state index >= 15 is 0 Å². The molecule has 13 heteroatoms. The lowest BCUT2D eigenvalue weighted by Gasteiger charge is -2.22. The Bertz CT molecular complexity index is 1060. The highest BCUT2D eigenvalue weighted by Crippen LogP contribution is 2.23. The Morgan fingerprint density at radius 2 is 1.87 bits per heavy atom. The molecule has 31 heavy (non-hydrogen) atoms. The summed E-state index contributed by atoms with van der Waals surface area (Å²) in [5.41, 5.74) is 0.334. The van der Waals surface area contributed by atoms with Gasteiger partial charge in [-0.05, 0) is 24.3 Å². The zero-order valence-electron chi connectivity index (χ0n) is 16.1. The highest BCUT2D eigenvalue weighted by Gasteiger charge is 2.36. The van der Waals surface area contributed by atoms with E-state index in [0.29, 0.717) is 5.69 Å². The molecule has 1 aromatic heterocycles. The monoisotopic (exact) mass is 449 g/mol. The van der Waals surface area contributed by atoms with E-state index in [0.717, 1.165) is 28.6 Å². The molecule has 1 aromatic carbocycles. The highest BCUT2D eigenvalue weighted by atomic mass is 32.2. The van der Waals surface area contributed by atoms with Crippen molar-refractivity contribution in [3.63, 3.8) is 0 Å². The number of rotatable bonds is 7. The van der Waals surface area contributed by atoms with Gasteiger partial charge in [0.1, 0.15) is 6.23 Å². The SMILES string of the molecule is O=C(NCc1ccccn1)C(=O)NCC1OCCN1S(=O)(=O)c1ccc([N+](=O)[O-])cc1. The van der Waals surface area contributed by atoms with E-state index in [2.05, 4.69) is 15.6 Å². The molecule has 0 radical (unpaired) electrons. The van der Waals surface area contributed by atoms with Gasteiger partial charge in [-0.15, -0.1) is 0 Å². The molecule has 1 atom stereocenters. The number of nitro benzene ring substituents is 1. The van der Waals surface area contributed by atoms with Gasteiger partial charge in [0.25, 0.3) is 5.69 Å². The second-order valence-electron chi connectivity index (χ2n) is 6.41. The number of sulfonamides is 1. The van der Waals surface area contributed by atoms with Crippen LogP contribution in [0.25, 0.3) is 0 Å². The molecule has 12 nitrogen and oxygen atoms in total. The minimum atomic E-state index is -4.02. The zero-order chi connectivity index (χ0) is 22.4. The summed E-state index contributed by atoms with van der Waals surface area (Å²) in [4.78, 5) is 37.9. The molecular formula is C18H19N5O7S. The van der Waals surface area contributed by atoms with E-state index in [-0.39, 0.29) is 36.8 Å². The number of nitrogens with zero attached hydrogens (tertiary/aromatic N) is 3. The zero-order valence-corrected chi connectivity index (χ0v) is 16.9. The van der Waals surface area contributed by atoms with Crippen LogP contribution in [0.2, 0.25) is 0 Å². The van der Waals surface area contributed by atoms with Gasteiger partial charge in [-0.2, -0.15) is 4.31 Å². The lowest BCUT2D eigenvalue weighted by Crippen LogP contribution is -2.47. The van der Waals surface area contributed by atoms with Crippen LogP contribution in [-0.2, 0) is 30.9 Å². The van der Waals surface area contributed by atoms with Crippen LogP contribution in [0.1, 0.15) is 5.69 Å². The van der Waals surface area contributed by atoms with Gasteiger partial charge in [-0.25, -0.2) is 8.42 Å². The fraction of sp³-hybridized carbons (Fsp3) is 0.278. The van der Waals surface area contributed by atoms with Crippen molar-refractivity contribution in [3.05, 3.63) is 64.5 Å². The third kappa shape index (κ3) is 5.39. The first-order valence-corrected chi connectivity index (χ1v) is 10.6. The number of pyridine rings is 1. The molecule has 164 valence electrons. The number of hydrogen-bond acceptors (Lipinski definition) is 8. The van der Waals surface area contributed by atoms with Crippen molar-refractivity contribution >= 4 is 27.5 Å². The first-order valence-electron chi connectivity index (χ1n) is 9.13. The van der Waals surface area contributed by atoms with Gasteiger partial charge in [-0.3, -0.25) is 24.7 Å². The van der Waals surface area contributed by atoms with Gasteiger partial charge >= 0.3 is 11.8 Å². The molecule has 1 aliphatic rings. The maximum Gasteiger partial charge on any atom is 0.309 e. The number of amides is 2. The van der Waals surface area contributed by atoms with Crippen molar-refractivity contribution in [2.75, 3.05) is 19.7 Å². The predicted octanol–water partition coefficient (Wildman–Crippen LogP) is -0.231. The number of carbonyl (C=O) groups excluding carboxylic acids is 2. The molecule has 3 rings (SSSR count). The number of benzene rings is 1. The summed E-state index contributed by atoms with van der Waals surface area (Å²) in [6.07, 6.45) is 0.534. The molecule has 2 heterocycles. The molecule has 0 bridgehead atoms. The third-order valence-corrected chi connectivity index (χ3v) is 6.30. The number of nitrogens with one attached hydrogen (secondary N) is 2. The van der Waals surface area contributed by atoms with Gasteiger partial charge in [0.05, 0.1) is 35.2 Å². The van der Waals surface area contributed by atoms with Crippen molar-refractivity contribution in [1.29, 1.82) is 0 Å². The standard InChI is InChI=1S/C18H19N5O7S/c24-17(20-11-13-3-1-2-8-19-13)18(25)21-12-16-22(9-10-30-16)31(28,29)15-6-4-14(5-7-15)23(26)27/h1-8,16H,9-12H2,(H,20,24)(H,21,25). The van der Waals surface area contributed by atoms with E-state index in [1.165, 1.54) is 0 Å². The van der Waals surface area contributed by atoms with Gasteiger partial charge in [0.15, 0.2) is 0 Å². The van der Waals surface area contributed by atoms with Gasteiger partial charge in [0.2, 0.25) is 10.0 Å². The van der Waals surface area contributed by atoms with E-state index in [1.54, 1.807) is 24.4 Å². The first kappa shape index (κ1) is 22.3. The largest absolute Gasteiger partial charge is 0.359 e. The van der Waals surface area contributed by atoms with Crippen LogP contribution >= 0.6 is 0 Å². The topological polar surface area (TPSA) is 161 Å². The maximum atomic E-state index is 12.8. The van der Waals surface area contributed by atoms with E-state index < -0.39 is 33.0 Å². The van der Waals surface area contributed by atoms with Crippen LogP contribution in [0.15, 0.2) is 53.6 Å². The second-order valence-corrected chi connectivity index (χ2v) is 8.30. The van der Waals surface area contributed by atoms with E-state index in [9.17, 15) is 28.1 Å². The van der Waals surface area contributed by atoms with E-state index in [1.807, 2.05) is 0 Å². The summed E-state index contributed by atoms with van der Waals surface area (Å²) < 4.78 is 32.1. The van der Waals surface area contributed by atoms with Crippen molar-refractivity contribution < 1.29 is 27.7 Å². The van der Waals surface area contributed by atoms with Crippen molar-refractivity contribution in [2.24, 2.45) is 0 Å². The lowest BCUT2D eigenvalue weighted by molar-refractivity contribution is -0.384. The number of hydrogen-bond donors (Lipinski definition) is 2. The fourth-order valence-electron chi connectivity index (χ4n) is 2.83. The molecule has 2 N–H and O–H groups in total. The van der Waals surface area contributed by atoms with Crippen LogP contribution in [0.5, 0.6) is 0 Å². The van der Waals surface area contributed by atoms with E-state index in [4.69, 9.17) is 4.74 Å². The summed E-state index contributed by atoms with van der Waals surface area (Å²) in [6, 6.07) is 9.59. The Balaban J connectivity index is 1.57. The Hall–Kier alpha value is -3.42. The second kappa shape index (κ2) is 9.59. The Kier molecular flexibility index (Phi) is 6.89. The summed E-state index contributed by atoms with van der Waals surface area (Å²) >= 11 is 0. The molecule has 1 unspecified atom stereocenters. The summed E-state index contributed by atoms with van der Waals surface area (Å²) in [6.45, 7) is -0.0555. The third-order valence-electron chi connectivity index (χ3n) is 4.40. The van der Waals surface area contributed by atoms with Crippen LogP contribution in [-0.4, -0.2) is 60.4 Å². The lowest BCUT2D eigenvalue weighted by atomic mass is 10.3. The van der Waals surface area contributed by atoms with Crippen molar-refractivity contribution in [2.45, 2.75) is 17.7 Å². The number of ether oxygens (including phenoxy) is 1.